The summed E-state index contributed by atoms with van der Waals surface area (Å²) in [5.41, 5.74) is 1.18. The van der Waals surface area contributed by atoms with Gasteiger partial charge in [0, 0.05) is 17.0 Å². The van der Waals surface area contributed by atoms with Crippen molar-refractivity contribution >= 4 is 17.2 Å². The molecule has 2 rings (SSSR count). The van der Waals surface area contributed by atoms with E-state index in [1.165, 1.54) is 4.88 Å². The van der Waals surface area contributed by atoms with E-state index >= 15 is 0 Å². The molecule has 0 spiro atoms. The number of hydrogen-bond acceptors (Lipinski definition) is 3. The van der Waals surface area contributed by atoms with Crippen LogP contribution in [0.25, 0.3) is 0 Å². The number of carbonyl (C=O) groups is 1. The van der Waals surface area contributed by atoms with E-state index in [0.29, 0.717) is 17.7 Å². The van der Waals surface area contributed by atoms with Gasteiger partial charge in [-0.1, -0.05) is 30.0 Å². The minimum atomic E-state index is -0.214. The maximum Gasteiger partial charge on any atom is 0.252 e. The number of hydrogen-bond donors (Lipinski definition) is 2. The van der Waals surface area contributed by atoms with Crippen LogP contribution in [0.3, 0.4) is 0 Å². The number of benzene rings is 1. The maximum absolute atomic E-state index is 12.1. The van der Waals surface area contributed by atoms with Crippen molar-refractivity contribution < 1.29 is 9.90 Å². The van der Waals surface area contributed by atoms with Gasteiger partial charge in [0.1, 0.15) is 6.61 Å². The minimum absolute atomic E-state index is 0.135. The van der Waals surface area contributed by atoms with E-state index in [0.717, 1.165) is 6.42 Å². The third kappa shape index (κ3) is 3.95. The largest absolute Gasteiger partial charge is 0.384 e. The van der Waals surface area contributed by atoms with Crippen LogP contribution in [0.1, 0.15) is 20.8 Å². The Bertz CT molecular complexity index is 623. The van der Waals surface area contributed by atoms with E-state index < -0.39 is 0 Å². The quantitative estimate of drug-likeness (QED) is 0.845. The Hall–Kier alpha value is -2.09. The average molecular weight is 285 g/mol. The first-order chi connectivity index (χ1) is 9.81. The Balaban J connectivity index is 1.98. The monoisotopic (exact) mass is 285 g/mol. The summed E-state index contributed by atoms with van der Waals surface area (Å²) < 4.78 is 0. The zero-order valence-corrected chi connectivity index (χ0v) is 11.7. The smallest absolute Gasteiger partial charge is 0.252 e. The van der Waals surface area contributed by atoms with Crippen molar-refractivity contribution in [2.24, 2.45) is 0 Å². The number of nitrogens with one attached hydrogen (secondary N) is 1. The van der Waals surface area contributed by atoms with Crippen molar-refractivity contribution in [2.75, 3.05) is 13.2 Å². The number of rotatable bonds is 4. The molecule has 102 valence electrons. The standard InChI is InChI=1S/C16H15NO2S/c18-11-3-6-13-5-1-2-8-15(13)16(19)17-10-9-14-7-4-12-20-14/h1-2,4-5,7-8,12,18H,9-11H2,(H,17,19). The number of aliphatic hydroxyl groups excluding tert-OH is 1. The molecule has 2 N–H and O–H groups in total. The molecule has 0 bridgehead atoms. The van der Waals surface area contributed by atoms with E-state index in [1.54, 1.807) is 29.5 Å². The van der Waals surface area contributed by atoms with Crippen LogP contribution in [-0.4, -0.2) is 24.2 Å². The molecular weight excluding hydrogens is 270 g/mol. The van der Waals surface area contributed by atoms with Gasteiger partial charge in [-0.3, -0.25) is 4.79 Å². The van der Waals surface area contributed by atoms with Crippen LogP contribution >= 0.6 is 11.3 Å². The van der Waals surface area contributed by atoms with Crippen molar-refractivity contribution in [3.63, 3.8) is 0 Å². The van der Waals surface area contributed by atoms with Gasteiger partial charge in [0.2, 0.25) is 0 Å². The predicted octanol–water partition coefficient (Wildman–Crippen LogP) is 2.06. The second-order valence-electron chi connectivity index (χ2n) is 4.09. The highest BCUT2D eigenvalue weighted by molar-refractivity contribution is 7.09. The molecule has 0 aliphatic carbocycles. The summed E-state index contributed by atoms with van der Waals surface area (Å²) >= 11 is 1.68. The molecule has 0 aliphatic heterocycles. The van der Waals surface area contributed by atoms with Gasteiger partial charge in [-0.25, -0.2) is 0 Å². The number of amides is 1. The average Bonchev–Trinajstić information content (AvgIpc) is 2.98. The molecule has 1 amide bonds. The predicted molar refractivity (Wildman–Crippen MR) is 80.8 cm³/mol. The molecule has 4 heteroatoms. The fourth-order valence-corrected chi connectivity index (χ4v) is 2.48. The Kier molecular flexibility index (Phi) is 5.36. The van der Waals surface area contributed by atoms with Gasteiger partial charge in [-0.05, 0) is 30.0 Å². The van der Waals surface area contributed by atoms with Gasteiger partial charge < -0.3 is 10.4 Å². The zero-order chi connectivity index (χ0) is 14.2. The summed E-state index contributed by atoms with van der Waals surface area (Å²) in [5.74, 6) is 5.22. The van der Waals surface area contributed by atoms with Crippen molar-refractivity contribution in [2.45, 2.75) is 6.42 Å². The molecule has 3 nitrogen and oxygen atoms in total. The summed E-state index contributed by atoms with van der Waals surface area (Å²) in [6.45, 7) is 0.384. The van der Waals surface area contributed by atoms with Gasteiger partial charge in [0.05, 0.1) is 5.56 Å². The normalized spacial score (nSPS) is 9.65. The minimum Gasteiger partial charge on any atom is -0.384 e. The molecular formula is C16H15NO2S. The van der Waals surface area contributed by atoms with Gasteiger partial charge in [0.25, 0.3) is 5.91 Å². The first kappa shape index (κ1) is 14.3. The molecule has 0 aliphatic rings. The molecule has 2 aromatic rings. The molecule has 0 saturated heterocycles. The van der Waals surface area contributed by atoms with Gasteiger partial charge in [-0.2, -0.15) is 0 Å². The Labute approximate surface area is 122 Å². The van der Waals surface area contributed by atoms with Gasteiger partial charge >= 0.3 is 0 Å². The van der Waals surface area contributed by atoms with Crippen LogP contribution in [-0.2, 0) is 6.42 Å². The lowest BCUT2D eigenvalue weighted by Crippen LogP contribution is -2.26. The van der Waals surface area contributed by atoms with Crippen molar-refractivity contribution in [1.82, 2.24) is 5.32 Å². The summed E-state index contributed by atoms with van der Waals surface area (Å²) in [7, 11) is 0. The van der Waals surface area contributed by atoms with Crippen LogP contribution in [0.2, 0.25) is 0 Å². The first-order valence-electron chi connectivity index (χ1n) is 6.30. The van der Waals surface area contributed by atoms with Crippen LogP contribution in [0.4, 0.5) is 0 Å². The zero-order valence-electron chi connectivity index (χ0n) is 10.9. The summed E-state index contributed by atoms with van der Waals surface area (Å²) in [4.78, 5) is 13.4. The van der Waals surface area contributed by atoms with Gasteiger partial charge in [0.15, 0.2) is 0 Å². The second-order valence-corrected chi connectivity index (χ2v) is 5.12. The summed E-state index contributed by atoms with van der Waals surface area (Å²) in [5, 5.41) is 13.6. The van der Waals surface area contributed by atoms with Crippen molar-refractivity contribution in [3.8, 4) is 11.8 Å². The van der Waals surface area contributed by atoms with Crippen LogP contribution < -0.4 is 5.32 Å². The van der Waals surface area contributed by atoms with E-state index in [9.17, 15) is 4.79 Å². The number of thiophene rings is 1. The fraction of sp³-hybridized carbons (Fsp3) is 0.188. The molecule has 0 unspecified atom stereocenters. The van der Waals surface area contributed by atoms with E-state index in [1.807, 2.05) is 17.5 Å². The maximum atomic E-state index is 12.1. The van der Waals surface area contributed by atoms with Crippen molar-refractivity contribution in [3.05, 3.63) is 57.8 Å². The Morgan fingerprint density at radius 3 is 2.85 bits per heavy atom. The first-order valence-corrected chi connectivity index (χ1v) is 7.18. The summed E-state index contributed by atoms with van der Waals surface area (Å²) in [6, 6.07) is 11.2. The Morgan fingerprint density at radius 2 is 2.10 bits per heavy atom. The van der Waals surface area contributed by atoms with E-state index in [4.69, 9.17) is 5.11 Å². The molecule has 0 saturated carbocycles. The van der Waals surface area contributed by atoms with Crippen LogP contribution in [0.15, 0.2) is 41.8 Å². The SMILES string of the molecule is O=C(NCCc1cccs1)c1ccccc1C#CCO. The lowest BCUT2D eigenvalue weighted by molar-refractivity contribution is 0.0954. The molecule has 0 atom stereocenters. The number of carbonyl (C=O) groups excluding carboxylic acids is 1. The lowest BCUT2D eigenvalue weighted by Gasteiger charge is -2.06. The Morgan fingerprint density at radius 1 is 1.25 bits per heavy atom. The van der Waals surface area contributed by atoms with Gasteiger partial charge in [-0.15, -0.1) is 11.3 Å². The molecule has 0 radical (unpaired) electrons. The third-order valence-corrected chi connectivity index (χ3v) is 3.65. The topological polar surface area (TPSA) is 49.3 Å². The molecule has 1 aromatic heterocycles. The number of aliphatic hydroxyl groups is 1. The highest BCUT2D eigenvalue weighted by atomic mass is 32.1. The summed E-state index contributed by atoms with van der Waals surface area (Å²) in [6.07, 6.45) is 0.827. The fourth-order valence-electron chi connectivity index (χ4n) is 1.77. The second kappa shape index (κ2) is 7.49. The molecule has 1 heterocycles. The molecule has 0 fully saturated rings. The highest BCUT2D eigenvalue weighted by Crippen LogP contribution is 2.09. The highest BCUT2D eigenvalue weighted by Gasteiger charge is 2.08. The van der Waals surface area contributed by atoms with Crippen molar-refractivity contribution in [1.29, 1.82) is 0 Å². The molecule has 20 heavy (non-hydrogen) atoms. The third-order valence-electron chi connectivity index (χ3n) is 2.71. The lowest BCUT2D eigenvalue weighted by atomic mass is 10.1. The van der Waals surface area contributed by atoms with Crippen LogP contribution in [0.5, 0.6) is 0 Å². The molecule has 1 aromatic carbocycles. The van der Waals surface area contributed by atoms with E-state index in [-0.39, 0.29) is 12.5 Å². The van der Waals surface area contributed by atoms with Crippen LogP contribution in [0, 0.1) is 11.8 Å². The van der Waals surface area contributed by atoms with E-state index in [2.05, 4.69) is 23.2 Å².